The van der Waals surface area contributed by atoms with Crippen molar-refractivity contribution in [2.75, 3.05) is 18.6 Å². The molecule has 0 radical (unpaired) electrons. The Balaban J connectivity index is 3.04. The molecule has 0 heterocycles. The molecule has 10 nitrogen and oxygen atoms in total. The zero-order chi connectivity index (χ0) is 25.0. The van der Waals surface area contributed by atoms with E-state index in [0.717, 1.165) is 0 Å². The fourth-order valence-electron chi connectivity index (χ4n) is 3.04. The Morgan fingerprint density at radius 2 is 1.67 bits per heavy atom. The van der Waals surface area contributed by atoms with Gasteiger partial charge in [0.25, 0.3) is 0 Å². The number of phenols is 1. The van der Waals surface area contributed by atoms with E-state index in [4.69, 9.17) is 5.73 Å². The van der Waals surface area contributed by atoms with Crippen LogP contribution in [0.1, 0.15) is 32.3 Å². The zero-order valence-electron chi connectivity index (χ0n) is 19.2. The molecule has 1 rings (SSSR count). The van der Waals surface area contributed by atoms with Gasteiger partial charge in [-0.3, -0.25) is 14.4 Å². The van der Waals surface area contributed by atoms with Crippen LogP contribution in [0.4, 0.5) is 0 Å². The molecule has 0 fully saturated rings. The number of nitrogens with two attached hydrogens (primary N) is 1. The van der Waals surface area contributed by atoms with Crippen molar-refractivity contribution >= 4 is 35.5 Å². The lowest BCUT2D eigenvalue weighted by atomic mass is 9.96. The largest absolute Gasteiger partial charge is 0.508 e. The van der Waals surface area contributed by atoms with Gasteiger partial charge in [0.15, 0.2) is 0 Å². The van der Waals surface area contributed by atoms with Crippen LogP contribution in [0.3, 0.4) is 0 Å². The molecule has 184 valence electrons. The lowest BCUT2D eigenvalue weighted by Gasteiger charge is -2.27. The van der Waals surface area contributed by atoms with Crippen molar-refractivity contribution in [3.8, 4) is 5.75 Å². The van der Waals surface area contributed by atoms with E-state index in [-0.39, 0.29) is 31.1 Å². The number of hydrogen-bond donors (Lipinski definition) is 6. The van der Waals surface area contributed by atoms with Crippen molar-refractivity contribution in [2.45, 2.75) is 51.2 Å². The number of carboxylic acids is 1. The first-order valence-electron chi connectivity index (χ1n) is 10.7. The van der Waals surface area contributed by atoms with Crippen LogP contribution < -0.4 is 21.7 Å². The standard InChI is InChI=1S/C22H34N4O6S/c1-4-13(2)19(21(30)25-16(22(31)32)9-10-33-3)26-20(29)17(24-18(28)12-23)11-14-5-7-15(27)8-6-14/h5-8,13,16-17,19,27H,4,9-12,23H2,1-3H3,(H,24,28)(H,25,30)(H,26,29)(H,31,32). The van der Waals surface area contributed by atoms with Crippen molar-refractivity contribution in [1.82, 2.24) is 16.0 Å². The second-order valence-electron chi connectivity index (χ2n) is 7.75. The van der Waals surface area contributed by atoms with Crippen molar-refractivity contribution in [3.05, 3.63) is 29.8 Å². The minimum absolute atomic E-state index is 0.0636. The molecular formula is C22H34N4O6S. The predicted octanol–water partition coefficient (Wildman–Crippen LogP) is 0.232. The molecule has 0 spiro atoms. The van der Waals surface area contributed by atoms with E-state index >= 15 is 0 Å². The number of aliphatic carboxylic acids is 1. The number of rotatable bonds is 14. The first-order valence-corrected chi connectivity index (χ1v) is 12.1. The van der Waals surface area contributed by atoms with E-state index < -0.39 is 41.8 Å². The molecule has 1 aromatic rings. The van der Waals surface area contributed by atoms with Crippen LogP contribution in [-0.4, -0.2) is 70.6 Å². The molecule has 4 unspecified atom stereocenters. The number of carboxylic acid groups (broad SMARTS) is 1. The summed E-state index contributed by atoms with van der Waals surface area (Å²) in [6, 6.07) is 3.08. The Bertz CT molecular complexity index is 805. The topological polar surface area (TPSA) is 171 Å². The SMILES string of the molecule is CCC(C)C(NC(=O)C(Cc1ccc(O)cc1)NC(=O)CN)C(=O)NC(CCSC)C(=O)O. The summed E-state index contributed by atoms with van der Waals surface area (Å²) in [5.74, 6) is -2.55. The zero-order valence-corrected chi connectivity index (χ0v) is 20.0. The Labute approximate surface area is 198 Å². The average molecular weight is 483 g/mol. The lowest BCUT2D eigenvalue weighted by Crippen LogP contribution is -2.58. The van der Waals surface area contributed by atoms with Crippen LogP contribution in [0.25, 0.3) is 0 Å². The first-order chi connectivity index (χ1) is 15.6. The van der Waals surface area contributed by atoms with E-state index in [1.165, 1.54) is 23.9 Å². The summed E-state index contributed by atoms with van der Waals surface area (Å²) < 4.78 is 0. The lowest BCUT2D eigenvalue weighted by molar-refractivity contribution is -0.142. The maximum Gasteiger partial charge on any atom is 0.326 e. The molecule has 0 bridgehead atoms. The minimum atomic E-state index is -1.15. The number of phenolic OH excluding ortho intramolecular Hbond substituents is 1. The van der Waals surface area contributed by atoms with Crippen molar-refractivity contribution in [3.63, 3.8) is 0 Å². The Morgan fingerprint density at radius 3 is 2.18 bits per heavy atom. The number of carbonyl (C=O) groups is 4. The highest BCUT2D eigenvalue weighted by atomic mass is 32.2. The van der Waals surface area contributed by atoms with Crippen molar-refractivity contribution in [1.29, 1.82) is 0 Å². The normalized spacial score (nSPS) is 14.4. The van der Waals surface area contributed by atoms with Gasteiger partial charge in [0.05, 0.1) is 6.54 Å². The second kappa shape index (κ2) is 14.4. The van der Waals surface area contributed by atoms with E-state index in [9.17, 15) is 29.4 Å². The van der Waals surface area contributed by atoms with Crippen LogP contribution in [0.2, 0.25) is 0 Å². The van der Waals surface area contributed by atoms with Crippen LogP contribution in [-0.2, 0) is 25.6 Å². The Kier molecular flexibility index (Phi) is 12.3. The number of amides is 3. The smallest absolute Gasteiger partial charge is 0.326 e. The molecule has 3 amide bonds. The molecule has 0 saturated carbocycles. The molecule has 0 aliphatic heterocycles. The van der Waals surface area contributed by atoms with Gasteiger partial charge < -0.3 is 31.9 Å². The molecule has 0 aromatic heterocycles. The molecule has 0 aliphatic rings. The summed E-state index contributed by atoms with van der Waals surface area (Å²) in [5.41, 5.74) is 6.06. The summed E-state index contributed by atoms with van der Waals surface area (Å²) in [4.78, 5) is 49.4. The quantitative estimate of drug-likeness (QED) is 0.219. The minimum Gasteiger partial charge on any atom is -0.508 e. The maximum absolute atomic E-state index is 13.1. The van der Waals surface area contributed by atoms with E-state index in [2.05, 4.69) is 16.0 Å². The van der Waals surface area contributed by atoms with Gasteiger partial charge >= 0.3 is 5.97 Å². The molecular weight excluding hydrogens is 448 g/mol. The third-order valence-electron chi connectivity index (χ3n) is 5.23. The van der Waals surface area contributed by atoms with Crippen molar-refractivity contribution < 1.29 is 29.4 Å². The van der Waals surface area contributed by atoms with Gasteiger partial charge in [-0.15, -0.1) is 0 Å². The van der Waals surface area contributed by atoms with Gasteiger partial charge in [0, 0.05) is 6.42 Å². The second-order valence-corrected chi connectivity index (χ2v) is 8.73. The molecule has 1 aromatic carbocycles. The summed E-state index contributed by atoms with van der Waals surface area (Å²) >= 11 is 1.47. The summed E-state index contributed by atoms with van der Waals surface area (Å²) in [6.07, 6.45) is 2.75. The number of carbonyl (C=O) groups excluding carboxylic acids is 3. The van der Waals surface area contributed by atoms with Gasteiger partial charge in [-0.05, 0) is 42.0 Å². The fraction of sp³-hybridized carbons (Fsp3) is 0.545. The van der Waals surface area contributed by atoms with Crippen molar-refractivity contribution in [2.24, 2.45) is 11.7 Å². The molecule has 4 atom stereocenters. The number of benzene rings is 1. The molecule has 7 N–H and O–H groups in total. The molecule has 33 heavy (non-hydrogen) atoms. The van der Waals surface area contributed by atoms with E-state index in [0.29, 0.717) is 17.7 Å². The van der Waals surface area contributed by atoms with Crippen LogP contribution in [0, 0.1) is 5.92 Å². The number of nitrogens with one attached hydrogen (secondary N) is 3. The highest BCUT2D eigenvalue weighted by Gasteiger charge is 2.32. The molecule has 11 heteroatoms. The third-order valence-corrected chi connectivity index (χ3v) is 5.88. The van der Waals surface area contributed by atoms with Gasteiger partial charge in [-0.1, -0.05) is 32.4 Å². The van der Waals surface area contributed by atoms with Gasteiger partial charge in [0.1, 0.15) is 23.9 Å². The third kappa shape index (κ3) is 9.70. The van der Waals surface area contributed by atoms with Crippen LogP contribution in [0.5, 0.6) is 5.75 Å². The molecule has 0 saturated heterocycles. The summed E-state index contributed by atoms with van der Waals surface area (Å²) in [6.45, 7) is 3.31. The van der Waals surface area contributed by atoms with E-state index in [1.54, 1.807) is 19.1 Å². The number of hydrogen-bond acceptors (Lipinski definition) is 7. The van der Waals surface area contributed by atoms with Gasteiger partial charge in [0.2, 0.25) is 17.7 Å². The molecule has 0 aliphatic carbocycles. The van der Waals surface area contributed by atoms with E-state index in [1.807, 2.05) is 13.2 Å². The Morgan fingerprint density at radius 1 is 1.03 bits per heavy atom. The van der Waals surface area contributed by atoms with Gasteiger partial charge in [-0.25, -0.2) is 4.79 Å². The van der Waals surface area contributed by atoms with Gasteiger partial charge in [-0.2, -0.15) is 11.8 Å². The maximum atomic E-state index is 13.1. The average Bonchev–Trinajstić information content (AvgIpc) is 2.79. The summed E-state index contributed by atoms with van der Waals surface area (Å²) in [5, 5.41) is 26.6. The summed E-state index contributed by atoms with van der Waals surface area (Å²) in [7, 11) is 0. The fourth-order valence-corrected chi connectivity index (χ4v) is 3.51. The van der Waals surface area contributed by atoms with Crippen LogP contribution >= 0.6 is 11.8 Å². The highest BCUT2D eigenvalue weighted by Crippen LogP contribution is 2.13. The predicted molar refractivity (Wildman–Crippen MR) is 127 cm³/mol. The number of aromatic hydroxyl groups is 1. The monoisotopic (exact) mass is 482 g/mol. The highest BCUT2D eigenvalue weighted by molar-refractivity contribution is 7.98. The first kappa shape index (κ1) is 28.2. The number of thioether (sulfide) groups is 1. The Hall–Kier alpha value is -2.79. The van der Waals surface area contributed by atoms with Crippen LogP contribution in [0.15, 0.2) is 24.3 Å².